The highest BCUT2D eigenvalue weighted by molar-refractivity contribution is 7.09. The fraction of sp³-hybridized carbons (Fsp3) is 0.304. The monoisotopic (exact) mass is 392 g/mol. The van der Waals surface area contributed by atoms with Crippen LogP contribution in [0.15, 0.2) is 41.8 Å². The van der Waals surface area contributed by atoms with Crippen LogP contribution in [-0.2, 0) is 13.0 Å². The Bertz CT molecular complexity index is 1030. The van der Waals surface area contributed by atoms with E-state index in [0.29, 0.717) is 17.9 Å². The highest BCUT2D eigenvalue weighted by Gasteiger charge is 2.25. The number of aryl methyl sites for hydroxylation is 3. The average Bonchev–Trinajstić information content (AvgIpc) is 3.11. The number of aromatic nitrogens is 1. The molecule has 4 rings (SSSR count). The second-order valence-electron chi connectivity index (χ2n) is 7.31. The van der Waals surface area contributed by atoms with Crippen LogP contribution in [0.25, 0.3) is 0 Å². The molecule has 0 spiro atoms. The lowest BCUT2D eigenvalue weighted by atomic mass is 9.94. The van der Waals surface area contributed by atoms with Crippen molar-refractivity contribution in [1.29, 1.82) is 0 Å². The third-order valence-corrected chi connectivity index (χ3v) is 5.89. The van der Waals surface area contributed by atoms with Gasteiger partial charge in [0.15, 0.2) is 0 Å². The van der Waals surface area contributed by atoms with Crippen molar-refractivity contribution in [3.8, 4) is 5.75 Å². The van der Waals surface area contributed by atoms with Gasteiger partial charge in [0.25, 0.3) is 5.91 Å². The summed E-state index contributed by atoms with van der Waals surface area (Å²) >= 11 is 1.61. The van der Waals surface area contributed by atoms with Crippen LogP contribution < -0.4 is 9.64 Å². The van der Waals surface area contributed by atoms with Crippen molar-refractivity contribution < 1.29 is 9.53 Å². The third kappa shape index (κ3) is 3.80. The third-order valence-electron chi connectivity index (χ3n) is 5.07. The van der Waals surface area contributed by atoms with Gasteiger partial charge in [0.2, 0.25) is 0 Å². The molecular weight excluding hydrogens is 368 g/mol. The molecule has 1 amide bonds. The largest absolute Gasteiger partial charge is 0.487 e. The summed E-state index contributed by atoms with van der Waals surface area (Å²) < 4.78 is 5.86. The fourth-order valence-corrected chi connectivity index (χ4v) is 4.39. The number of ether oxygens (including phenoxy) is 1. The van der Waals surface area contributed by atoms with Gasteiger partial charge in [-0.3, -0.25) is 4.79 Å². The number of carbonyl (C=O) groups excluding carboxylic acids is 1. The SMILES string of the molecule is Cc1cc(C)c2c(c1)N(C(=O)c1cccc(OCc3csc(C)n3)c1)CCC2. The fourth-order valence-electron chi connectivity index (χ4n) is 3.79. The molecule has 0 aliphatic carbocycles. The van der Waals surface area contributed by atoms with Crippen molar-refractivity contribution in [3.63, 3.8) is 0 Å². The van der Waals surface area contributed by atoms with Crippen LogP contribution in [0.2, 0.25) is 0 Å². The van der Waals surface area contributed by atoms with E-state index in [1.807, 2.05) is 41.5 Å². The number of carbonyl (C=O) groups is 1. The van der Waals surface area contributed by atoms with Crippen LogP contribution >= 0.6 is 11.3 Å². The number of hydrogen-bond acceptors (Lipinski definition) is 4. The second kappa shape index (κ2) is 7.76. The Hall–Kier alpha value is -2.66. The van der Waals surface area contributed by atoms with Gasteiger partial charge in [-0.15, -0.1) is 11.3 Å². The van der Waals surface area contributed by atoms with E-state index in [0.717, 1.165) is 35.8 Å². The van der Waals surface area contributed by atoms with E-state index in [1.54, 1.807) is 11.3 Å². The molecule has 0 unspecified atom stereocenters. The van der Waals surface area contributed by atoms with E-state index >= 15 is 0 Å². The summed E-state index contributed by atoms with van der Waals surface area (Å²) in [7, 11) is 0. The van der Waals surface area contributed by atoms with Gasteiger partial charge in [0.1, 0.15) is 12.4 Å². The van der Waals surface area contributed by atoms with Gasteiger partial charge in [-0.1, -0.05) is 12.1 Å². The molecule has 1 aliphatic heterocycles. The van der Waals surface area contributed by atoms with E-state index in [9.17, 15) is 4.79 Å². The van der Waals surface area contributed by atoms with E-state index in [2.05, 4.69) is 31.0 Å². The molecule has 4 nitrogen and oxygen atoms in total. The lowest BCUT2D eigenvalue weighted by molar-refractivity contribution is 0.0984. The Morgan fingerprint density at radius 1 is 1.21 bits per heavy atom. The maximum absolute atomic E-state index is 13.3. The topological polar surface area (TPSA) is 42.4 Å². The normalized spacial score (nSPS) is 13.3. The molecule has 0 N–H and O–H groups in total. The molecule has 3 aromatic rings. The minimum atomic E-state index is 0.0286. The smallest absolute Gasteiger partial charge is 0.258 e. The molecule has 1 aromatic heterocycles. The van der Waals surface area contributed by atoms with Crippen LogP contribution in [0.3, 0.4) is 0 Å². The Morgan fingerprint density at radius 3 is 2.86 bits per heavy atom. The molecule has 2 heterocycles. The zero-order valence-electron chi connectivity index (χ0n) is 16.5. The van der Waals surface area contributed by atoms with E-state index < -0.39 is 0 Å². The first kappa shape index (κ1) is 18.7. The van der Waals surface area contributed by atoms with Crippen LogP contribution in [0, 0.1) is 20.8 Å². The first-order chi connectivity index (χ1) is 13.5. The molecule has 0 bridgehead atoms. The van der Waals surface area contributed by atoms with Crippen molar-refractivity contribution in [3.05, 3.63) is 74.7 Å². The Labute approximate surface area is 169 Å². The Balaban J connectivity index is 1.56. The lowest BCUT2D eigenvalue weighted by Gasteiger charge is -2.31. The van der Waals surface area contributed by atoms with Gasteiger partial charge >= 0.3 is 0 Å². The first-order valence-electron chi connectivity index (χ1n) is 9.57. The van der Waals surface area contributed by atoms with Gasteiger partial charge in [-0.2, -0.15) is 0 Å². The summed E-state index contributed by atoms with van der Waals surface area (Å²) in [6, 6.07) is 11.8. The number of thiazole rings is 1. The molecule has 0 fully saturated rings. The minimum Gasteiger partial charge on any atom is -0.487 e. The summed E-state index contributed by atoms with van der Waals surface area (Å²) in [4.78, 5) is 19.6. The van der Waals surface area contributed by atoms with Crippen molar-refractivity contribution in [1.82, 2.24) is 4.98 Å². The number of rotatable bonds is 4. The molecule has 5 heteroatoms. The molecule has 0 atom stereocenters. The minimum absolute atomic E-state index is 0.0286. The van der Waals surface area contributed by atoms with Crippen molar-refractivity contribution in [2.24, 2.45) is 0 Å². The number of amides is 1. The van der Waals surface area contributed by atoms with Gasteiger partial charge in [0, 0.05) is 23.2 Å². The standard InChI is InChI=1S/C23H24N2O2S/c1-15-10-16(2)21-8-5-9-25(22(21)11-15)23(26)18-6-4-7-20(12-18)27-13-19-14-28-17(3)24-19/h4,6-7,10-12,14H,5,8-9,13H2,1-3H3. The van der Waals surface area contributed by atoms with Crippen LogP contribution in [0.4, 0.5) is 5.69 Å². The van der Waals surface area contributed by atoms with Gasteiger partial charge < -0.3 is 9.64 Å². The Morgan fingerprint density at radius 2 is 2.07 bits per heavy atom. The molecule has 0 radical (unpaired) electrons. The van der Waals surface area contributed by atoms with E-state index in [4.69, 9.17) is 4.74 Å². The summed E-state index contributed by atoms with van der Waals surface area (Å²) in [6.45, 7) is 7.35. The molecule has 0 saturated heterocycles. The number of hydrogen-bond donors (Lipinski definition) is 0. The summed E-state index contributed by atoms with van der Waals surface area (Å²) in [5.74, 6) is 0.718. The molecule has 0 saturated carbocycles. The zero-order chi connectivity index (χ0) is 19.7. The predicted molar refractivity (Wildman–Crippen MR) is 114 cm³/mol. The quantitative estimate of drug-likeness (QED) is 0.610. The van der Waals surface area contributed by atoms with Gasteiger partial charge in [-0.25, -0.2) is 4.98 Å². The number of fused-ring (bicyclic) bond motifs is 1. The number of benzene rings is 2. The maximum Gasteiger partial charge on any atom is 0.258 e. The highest BCUT2D eigenvalue weighted by Crippen LogP contribution is 2.32. The van der Waals surface area contributed by atoms with Crippen molar-refractivity contribution in [2.75, 3.05) is 11.4 Å². The lowest BCUT2D eigenvalue weighted by Crippen LogP contribution is -2.35. The summed E-state index contributed by atoms with van der Waals surface area (Å²) in [6.07, 6.45) is 2.02. The van der Waals surface area contributed by atoms with Crippen LogP contribution in [0.5, 0.6) is 5.75 Å². The molecule has 144 valence electrons. The van der Waals surface area contributed by atoms with Crippen molar-refractivity contribution in [2.45, 2.75) is 40.2 Å². The van der Waals surface area contributed by atoms with Crippen molar-refractivity contribution >= 4 is 22.9 Å². The van der Waals surface area contributed by atoms with E-state index in [1.165, 1.54) is 16.7 Å². The molecular formula is C23H24N2O2S. The predicted octanol–water partition coefficient (Wildman–Crippen LogP) is 5.24. The molecule has 1 aliphatic rings. The van der Waals surface area contributed by atoms with E-state index in [-0.39, 0.29) is 5.91 Å². The molecule has 28 heavy (non-hydrogen) atoms. The van der Waals surface area contributed by atoms with Gasteiger partial charge in [0.05, 0.1) is 10.7 Å². The number of nitrogens with zero attached hydrogens (tertiary/aromatic N) is 2. The summed E-state index contributed by atoms with van der Waals surface area (Å²) in [5, 5.41) is 3.02. The summed E-state index contributed by atoms with van der Waals surface area (Å²) in [5.41, 5.74) is 6.36. The van der Waals surface area contributed by atoms with Crippen LogP contribution in [0.1, 0.15) is 44.2 Å². The zero-order valence-corrected chi connectivity index (χ0v) is 17.3. The molecule has 2 aromatic carbocycles. The highest BCUT2D eigenvalue weighted by atomic mass is 32.1. The second-order valence-corrected chi connectivity index (χ2v) is 8.38. The average molecular weight is 393 g/mol. The van der Waals surface area contributed by atoms with Crippen LogP contribution in [-0.4, -0.2) is 17.4 Å². The Kier molecular flexibility index (Phi) is 5.18. The number of anilines is 1. The first-order valence-corrected chi connectivity index (χ1v) is 10.4. The van der Waals surface area contributed by atoms with Gasteiger partial charge in [-0.05, 0) is 74.6 Å². The maximum atomic E-state index is 13.3.